The van der Waals surface area contributed by atoms with Crippen LogP contribution in [-0.4, -0.2) is 22.5 Å². The van der Waals surface area contributed by atoms with Gasteiger partial charge in [-0.2, -0.15) is 0 Å². The summed E-state index contributed by atoms with van der Waals surface area (Å²) in [5.41, 5.74) is 1.24. The summed E-state index contributed by atoms with van der Waals surface area (Å²) in [7, 11) is 1.56. The van der Waals surface area contributed by atoms with Gasteiger partial charge in [-0.05, 0) is 48.7 Å². The summed E-state index contributed by atoms with van der Waals surface area (Å²) >= 11 is 0. The zero-order chi connectivity index (χ0) is 17.7. The molecule has 0 fully saturated rings. The molecular formula is C19H32O3Si. The van der Waals surface area contributed by atoms with Gasteiger partial charge in [0.1, 0.15) is 0 Å². The van der Waals surface area contributed by atoms with E-state index in [1.54, 1.807) is 14.2 Å². The predicted octanol–water partition coefficient (Wildman–Crippen LogP) is 5.56. The van der Waals surface area contributed by atoms with Crippen molar-refractivity contribution in [1.29, 1.82) is 0 Å². The highest BCUT2D eigenvalue weighted by Gasteiger charge is 2.38. The lowest BCUT2D eigenvalue weighted by Crippen LogP contribution is -2.40. The van der Waals surface area contributed by atoms with Crippen molar-refractivity contribution in [1.82, 2.24) is 0 Å². The maximum absolute atomic E-state index is 6.22. The molecule has 0 aromatic heterocycles. The predicted molar refractivity (Wildman–Crippen MR) is 99.9 cm³/mol. The van der Waals surface area contributed by atoms with Crippen LogP contribution >= 0.6 is 0 Å². The van der Waals surface area contributed by atoms with E-state index in [9.17, 15) is 0 Å². The molecule has 1 rings (SSSR count). The third-order valence-electron chi connectivity index (χ3n) is 4.57. The molecule has 0 atom stereocenters. The molecular weight excluding hydrogens is 304 g/mol. The molecule has 1 aromatic carbocycles. The molecule has 130 valence electrons. The normalized spacial score (nSPS) is 12.0. The lowest BCUT2D eigenvalue weighted by molar-refractivity contribution is 0.354. The minimum atomic E-state index is -1.76. The van der Waals surface area contributed by atoms with E-state index in [2.05, 4.69) is 46.5 Å². The van der Waals surface area contributed by atoms with E-state index >= 15 is 0 Å². The molecule has 0 aliphatic heterocycles. The molecule has 0 N–H and O–H groups in total. The fourth-order valence-electron chi connectivity index (χ4n) is 2.09. The van der Waals surface area contributed by atoms with E-state index in [-0.39, 0.29) is 5.04 Å². The van der Waals surface area contributed by atoms with Crippen LogP contribution in [0.25, 0.3) is 0 Å². The average Bonchev–Trinajstić information content (AvgIpc) is 2.45. The number of benzene rings is 1. The van der Waals surface area contributed by atoms with Crippen molar-refractivity contribution >= 4 is 8.32 Å². The van der Waals surface area contributed by atoms with Crippen LogP contribution in [0, 0.1) is 0 Å². The molecule has 4 heteroatoms. The molecule has 1 aromatic rings. The van der Waals surface area contributed by atoms with Gasteiger partial charge in [0.2, 0.25) is 8.32 Å². The van der Waals surface area contributed by atoms with Gasteiger partial charge >= 0.3 is 0 Å². The molecule has 23 heavy (non-hydrogen) atoms. The number of ether oxygens (including phenoxy) is 2. The van der Waals surface area contributed by atoms with Crippen LogP contribution in [-0.2, 0) is 10.8 Å². The minimum Gasteiger partial charge on any atom is -0.547 e. The van der Waals surface area contributed by atoms with Crippen molar-refractivity contribution in [2.24, 2.45) is 0 Å². The molecule has 0 saturated carbocycles. The summed E-state index contributed by atoms with van der Waals surface area (Å²) < 4.78 is 16.8. The summed E-state index contributed by atoms with van der Waals surface area (Å²) in [5, 5.41) is 0.208. The average molecular weight is 337 g/mol. The van der Waals surface area contributed by atoms with Crippen LogP contribution in [0.3, 0.4) is 0 Å². The Bertz CT molecular complexity index is 530. The number of methoxy groups -OCH3 is 2. The van der Waals surface area contributed by atoms with Crippen molar-refractivity contribution < 1.29 is 13.9 Å². The molecule has 0 aliphatic rings. The Kier molecular flexibility index (Phi) is 6.75. The van der Waals surface area contributed by atoms with E-state index in [1.807, 2.05) is 12.1 Å². The number of allylic oxidation sites excluding steroid dienone is 1. The topological polar surface area (TPSA) is 27.7 Å². The summed E-state index contributed by atoms with van der Waals surface area (Å²) in [4.78, 5) is 0. The fourth-order valence-corrected chi connectivity index (χ4v) is 3.22. The first-order valence-corrected chi connectivity index (χ1v) is 11.1. The fraction of sp³-hybridized carbons (Fsp3) is 0.579. The molecule has 0 saturated heterocycles. The Balaban J connectivity index is 2.53. The first kappa shape index (κ1) is 19.6. The maximum Gasteiger partial charge on any atom is 0.250 e. The van der Waals surface area contributed by atoms with Crippen molar-refractivity contribution in [3.05, 3.63) is 36.1 Å². The van der Waals surface area contributed by atoms with Gasteiger partial charge in [0, 0.05) is 6.42 Å². The molecule has 0 bridgehead atoms. The molecule has 0 radical (unpaired) electrons. The Hall–Kier alpha value is -1.42. The summed E-state index contributed by atoms with van der Waals surface area (Å²) in [6.45, 7) is 15.4. The van der Waals surface area contributed by atoms with Crippen molar-refractivity contribution in [3.8, 4) is 11.5 Å². The second kappa shape index (κ2) is 7.91. The Morgan fingerprint density at radius 2 is 1.70 bits per heavy atom. The monoisotopic (exact) mass is 336 g/mol. The van der Waals surface area contributed by atoms with Crippen LogP contribution in [0.2, 0.25) is 18.1 Å². The Labute approximate surface area is 142 Å². The first-order chi connectivity index (χ1) is 10.6. The van der Waals surface area contributed by atoms with Gasteiger partial charge in [0.15, 0.2) is 11.5 Å². The van der Waals surface area contributed by atoms with Crippen LogP contribution in [0.5, 0.6) is 11.5 Å². The van der Waals surface area contributed by atoms with E-state index in [0.29, 0.717) is 0 Å². The van der Waals surface area contributed by atoms with Crippen molar-refractivity contribution in [2.45, 2.75) is 58.2 Å². The van der Waals surface area contributed by atoms with Gasteiger partial charge in [-0.15, -0.1) is 0 Å². The summed E-state index contributed by atoms with van der Waals surface area (Å²) in [6, 6.07) is 6.07. The first-order valence-electron chi connectivity index (χ1n) is 8.18. The molecule has 0 amide bonds. The Morgan fingerprint density at radius 1 is 1.09 bits per heavy atom. The number of rotatable bonds is 8. The lowest BCUT2D eigenvalue weighted by atomic mass is 10.1. The number of hydrogen-bond donors (Lipinski definition) is 0. The number of hydrogen-bond acceptors (Lipinski definition) is 3. The molecule has 0 heterocycles. The zero-order valence-electron chi connectivity index (χ0n) is 15.8. The van der Waals surface area contributed by atoms with Crippen LogP contribution in [0.4, 0.5) is 0 Å². The van der Waals surface area contributed by atoms with Gasteiger partial charge in [-0.25, -0.2) is 0 Å². The van der Waals surface area contributed by atoms with Gasteiger partial charge in [-0.3, -0.25) is 0 Å². The van der Waals surface area contributed by atoms with E-state index in [1.165, 1.54) is 5.56 Å². The second-order valence-electron chi connectivity index (χ2n) is 7.44. The third-order valence-corrected chi connectivity index (χ3v) is 8.99. The molecule has 0 aliphatic carbocycles. The van der Waals surface area contributed by atoms with E-state index in [4.69, 9.17) is 13.9 Å². The second-order valence-corrected chi connectivity index (χ2v) is 12.2. The highest BCUT2D eigenvalue weighted by Crippen LogP contribution is 2.38. The maximum atomic E-state index is 6.22. The van der Waals surface area contributed by atoms with Crippen molar-refractivity contribution in [3.63, 3.8) is 0 Å². The summed E-state index contributed by atoms with van der Waals surface area (Å²) in [5.74, 6) is 2.46. The van der Waals surface area contributed by atoms with Gasteiger partial charge in [-0.1, -0.05) is 33.4 Å². The van der Waals surface area contributed by atoms with E-state index in [0.717, 1.165) is 36.5 Å². The lowest BCUT2D eigenvalue weighted by Gasteiger charge is -2.37. The van der Waals surface area contributed by atoms with Gasteiger partial charge in [0.05, 0.1) is 20.0 Å². The highest BCUT2D eigenvalue weighted by atomic mass is 28.4. The highest BCUT2D eigenvalue weighted by molar-refractivity contribution is 6.74. The molecule has 0 unspecified atom stereocenters. The number of aryl methyl sites for hydroxylation is 1. The van der Waals surface area contributed by atoms with Gasteiger partial charge < -0.3 is 13.9 Å². The van der Waals surface area contributed by atoms with Crippen LogP contribution < -0.4 is 9.47 Å². The van der Waals surface area contributed by atoms with E-state index < -0.39 is 8.32 Å². The molecule has 0 spiro atoms. The zero-order valence-corrected chi connectivity index (χ0v) is 16.8. The van der Waals surface area contributed by atoms with Crippen LogP contribution in [0.15, 0.2) is 30.5 Å². The summed E-state index contributed by atoms with van der Waals surface area (Å²) in [6.07, 6.45) is 2.88. The third kappa shape index (κ3) is 5.61. The largest absolute Gasteiger partial charge is 0.547 e. The quantitative estimate of drug-likeness (QED) is 0.459. The van der Waals surface area contributed by atoms with Crippen LogP contribution in [0.1, 0.15) is 39.2 Å². The SMILES string of the molecule is C=C(CCCc1ccc(OC)c(OC)c1)O[Si](C)(C)C(C)(C)C. The van der Waals surface area contributed by atoms with Gasteiger partial charge in [0.25, 0.3) is 0 Å². The minimum absolute atomic E-state index is 0.208. The molecule has 3 nitrogen and oxygen atoms in total. The van der Waals surface area contributed by atoms with Crippen molar-refractivity contribution in [2.75, 3.05) is 14.2 Å². The Morgan fingerprint density at radius 3 is 2.22 bits per heavy atom. The standard InChI is InChI=1S/C19H32O3Si/c1-15(22-23(7,8)19(2,3)4)10-9-11-16-12-13-17(20-5)18(14-16)21-6/h12-14H,1,9-11H2,2-8H3. The smallest absolute Gasteiger partial charge is 0.250 e.